The maximum absolute atomic E-state index is 6.86. The van der Waals surface area contributed by atoms with E-state index in [0.717, 1.165) is 0 Å². The van der Waals surface area contributed by atoms with E-state index >= 15 is 0 Å². The zero-order chi connectivity index (χ0) is 37.1. The minimum atomic E-state index is -4.15. The highest BCUT2D eigenvalue weighted by molar-refractivity contribution is 7.75. The molecule has 0 spiro atoms. The molecule has 12 nitrogen and oxygen atoms in total. The zero-order valence-corrected chi connectivity index (χ0v) is 32.6. The minimum absolute atomic E-state index is 0.0776. The second kappa shape index (κ2) is 17.1. The van der Waals surface area contributed by atoms with E-state index in [-0.39, 0.29) is 14.3 Å². The van der Waals surface area contributed by atoms with Gasteiger partial charge in [0.15, 0.2) is 20.0 Å². The molecule has 0 aromatic heterocycles. The van der Waals surface area contributed by atoms with E-state index in [1.54, 1.807) is 78.9 Å². The van der Waals surface area contributed by atoms with Gasteiger partial charge in [-0.05, 0) is 72.8 Å². The molecule has 0 saturated heterocycles. The number of rotatable bonds is 14. The van der Waals surface area contributed by atoms with E-state index in [1.165, 1.54) is 14.2 Å². The van der Waals surface area contributed by atoms with E-state index in [4.69, 9.17) is 54.7 Å². The summed E-state index contributed by atoms with van der Waals surface area (Å²) < 4.78 is 72.5. The van der Waals surface area contributed by atoms with Crippen LogP contribution in [0.4, 0.5) is 0 Å². The van der Waals surface area contributed by atoms with E-state index in [9.17, 15) is 0 Å². The van der Waals surface area contributed by atoms with E-state index in [2.05, 4.69) is 0 Å². The molecule has 1 unspecified atom stereocenters. The van der Waals surface area contributed by atoms with Crippen molar-refractivity contribution in [2.75, 3.05) is 14.2 Å². The fourth-order valence-corrected chi connectivity index (χ4v) is 14.1. The SMILES string of the molecule is COc1cccc(OP2(Oc3ccccc3)=NP=NP(Oc3ccccc3)(Oc3ccccc3)=NP(Oc3ccccc3)(Oc3ccccc3)=N2)c1OC. The molecule has 0 bridgehead atoms. The summed E-state index contributed by atoms with van der Waals surface area (Å²) in [6.45, 7) is 0. The average molecular weight is 799 g/mol. The van der Waals surface area contributed by atoms with E-state index in [1.807, 2.05) is 91.0 Å². The maximum Gasteiger partial charge on any atom is 0.460 e. The Morgan fingerprint density at radius 2 is 0.741 bits per heavy atom. The summed E-state index contributed by atoms with van der Waals surface area (Å²) in [6, 6.07) is 50.7. The summed E-state index contributed by atoms with van der Waals surface area (Å²) in [6.07, 6.45) is 0. The standard InChI is InChI=1S/C38H34N4O8P4/c1-43-36-29-18-30-37(38(36)44-2)50-53(47-33-23-12-5-13-24-33)40-51-39-52(45-31-19-8-3-9-20-31,46-32-21-10-4-11-22-32)41-54(42-53,48-34-25-14-6-15-26-34)49-35-27-16-7-17-28-35/h3-30H,1-2H3. The highest BCUT2D eigenvalue weighted by atomic mass is 31.3. The molecule has 7 rings (SSSR count). The largest absolute Gasteiger partial charge is 0.493 e. The van der Waals surface area contributed by atoms with Crippen molar-refractivity contribution >= 4 is 31.5 Å². The van der Waals surface area contributed by atoms with Gasteiger partial charge in [0.1, 0.15) is 28.7 Å². The van der Waals surface area contributed by atoms with Crippen LogP contribution in [0.2, 0.25) is 0 Å². The molecule has 16 heteroatoms. The first kappa shape index (κ1) is 36.9. The first-order valence-electron chi connectivity index (χ1n) is 16.4. The number of methoxy groups -OCH3 is 2. The highest BCUT2D eigenvalue weighted by Crippen LogP contribution is 2.74. The van der Waals surface area contributed by atoms with Crippen LogP contribution in [0.25, 0.3) is 0 Å². The summed E-state index contributed by atoms with van der Waals surface area (Å²) in [5.74, 6) is 3.05. The third-order valence-corrected chi connectivity index (χ3v) is 15.9. The first-order valence-corrected chi connectivity index (χ1v) is 21.8. The van der Waals surface area contributed by atoms with Gasteiger partial charge >= 0.3 is 23.0 Å². The van der Waals surface area contributed by atoms with Crippen LogP contribution < -0.4 is 36.6 Å². The van der Waals surface area contributed by atoms with Gasteiger partial charge in [-0.15, -0.1) is 9.03 Å². The quantitative estimate of drug-likeness (QED) is 0.0998. The molecule has 6 aromatic rings. The number of hydrogen-bond donors (Lipinski definition) is 0. The van der Waals surface area contributed by atoms with Gasteiger partial charge in [0.2, 0.25) is 5.75 Å². The molecule has 6 aromatic carbocycles. The Bertz CT molecular complexity index is 2270. The van der Waals surface area contributed by atoms with Crippen LogP contribution in [0.1, 0.15) is 0 Å². The third kappa shape index (κ3) is 9.17. The molecule has 1 aliphatic rings. The number of para-hydroxylation sites is 6. The highest BCUT2D eigenvalue weighted by Gasteiger charge is 2.43. The summed E-state index contributed by atoms with van der Waals surface area (Å²) in [5.41, 5.74) is 0. The number of nitrogens with zero attached hydrogens (tertiary/aromatic N) is 4. The van der Waals surface area contributed by atoms with Crippen molar-refractivity contribution in [1.82, 2.24) is 0 Å². The fraction of sp³-hybridized carbons (Fsp3) is 0.0526. The van der Waals surface area contributed by atoms with Gasteiger partial charge in [0.05, 0.1) is 14.2 Å². The summed E-state index contributed by atoms with van der Waals surface area (Å²) in [7, 11) is -8.84. The normalized spacial score (nSPS) is 17.0. The average Bonchev–Trinajstić information content (AvgIpc) is 3.19. The summed E-state index contributed by atoms with van der Waals surface area (Å²) in [4.78, 5) is 0. The van der Waals surface area contributed by atoms with E-state index < -0.39 is 23.0 Å². The molecule has 0 radical (unpaired) electrons. The molecular weight excluding hydrogens is 764 g/mol. The van der Waals surface area contributed by atoms with E-state index in [0.29, 0.717) is 40.2 Å². The monoisotopic (exact) mass is 798 g/mol. The van der Waals surface area contributed by atoms with Crippen molar-refractivity contribution in [3.8, 4) is 46.0 Å². The smallest absolute Gasteiger partial charge is 0.460 e. The third-order valence-electron chi connectivity index (χ3n) is 7.18. The van der Waals surface area contributed by atoms with Gasteiger partial charge in [-0.25, -0.2) is 0 Å². The number of hydrogen-bond acceptors (Lipinski definition) is 12. The summed E-state index contributed by atoms with van der Waals surface area (Å²) in [5, 5.41) is 0. The summed E-state index contributed by atoms with van der Waals surface area (Å²) >= 11 is 0. The van der Waals surface area contributed by atoms with Gasteiger partial charge < -0.3 is 36.6 Å². The van der Waals surface area contributed by atoms with Gasteiger partial charge in [0.25, 0.3) is 0 Å². The van der Waals surface area contributed by atoms with Gasteiger partial charge in [-0.1, -0.05) is 106 Å². The Balaban J connectivity index is 1.56. The molecule has 1 aliphatic heterocycles. The molecule has 0 aliphatic carbocycles. The van der Waals surface area contributed by atoms with Crippen LogP contribution in [-0.2, 0) is 0 Å². The van der Waals surface area contributed by atoms with Gasteiger partial charge in [-0.2, -0.15) is 0 Å². The Labute approximate surface area is 315 Å². The lowest BCUT2D eigenvalue weighted by molar-refractivity contribution is 0.341. The lowest BCUT2D eigenvalue weighted by Crippen LogP contribution is -2.07. The van der Waals surface area contributed by atoms with Crippen LogP contribution in [-0.4, -0.2) is 14.2 Å². The Hall–Kier alpha value is -5.49. The lowest BCUT2D eigenvalue weighted by atomic mass is 10.3. The van der Waals surface area contributed by atoms with Gasteiger partial charge in [0, 0.05) is 0 Å². The predicted octanol–water partition coefficient (Wildman–Crippen LogP) is 13.4. The van der Waals surface area contributed by atoms with Gasteiger partial charge in [-0.3, -0.25) is 0 Å². The predicted molar refractivity (Wildman–Crippen MR) is 213 cm³/mol. The molecule has 1 heterocycles. The van der Waals surface area contributed by atoms with Crippen molar-refractivity contribution < 1.29 is 36.6 Å². The maximum atomic E-state index is 6.86. The molecule has 0 saturated carbocycles. The lowest BCUT2D eigenvalue weighted by Gasteiger charge is -2.29. The molecule has 0 amide bonds. The molecule has 54 heavy (non-hydrogen) atoms. The number of ether oxygens (including phenoxy) is 2. The van der Waals surface area contributed by atoms with Crippen molar-refractivity contribution in [2.45, 2.75) is 0 Å². The molecule has 274 valence electrons. The van der Waals surface area contributed by atoms with Crippen molar-refractivity contribution in [3.05, 3.63) is 170 Å². The second-order valence-corrected chi connectivity index (χ2v) is 18.1. The van der Waals surface area contributed by atoms with Crippen molar-refractivity contribution in [2.24, 2.45) is 18.1 Å². The molecular formula is C38H34N4O8P4. The Morgan fingerprint density at radius 1 is 0.370 bits per heavy atom. The van der Waals surface area contributed by atoms with Crippen LogP contribution in [0.5, 0.6) is 46.0 Å². The van der Waals surface area contributed by atoms with Crippen LogP contribution in [0.15, 0.2) is 188 Å². The minimum Gasteiger partial charge on any atom is -0.493 e. The Kier molecular flexibility index (Phi) is 11.7. The topological polar surface area (TPSA) is 123 Å². The second-order valence-electron chi connectivity index (χ2n) is 11.0. The van der Waals surface area contributed by atoms with Crippen LogP contribution >= 0.6 is 31.5 Å². The number of benzene rings is 6. The Morgan fingerprint density at radius 3 is 1.15 bits per heavy atom. The fourth-order valence-electron chi connectivity index (χ4n) is 4.88. The molecule has 1 atom stereocenters. The van der Waals surface area contributed by atoms with Crippen molar-refractivity contribution in [3.63, 3.8) is 0 Å². The van der Waals surface area contributed by atoms with Crippen LogP contribution in [0.3, 0.4) is 0 Å². The molecule has 0 N–H and O–H groups in total. The van der Waals surface area contributed by atoms with Crippen LogP contribution in [0, 0.1) is 0 Å². The molecule has 0 fully saturated rings. The first-order chi connectivity index (χ1) is 26.5. The van der Waals surface area contributed by atoms with Crippen molar-refractivity contribution in [1.29, 1.82) is 0 Å². The zero-order valence-electron chi connectivity index (χ0n) is 29.0.